The lowest BCUT2D eigenvalue weighted by atomic mass is 9.88. The zero-order chi connectivity index (χ0) is 15.8. The molecule has 0 saturated heterocycles. The minimum absolute atomic E-state index is 0.0765. The van der Waals surface area contributed by atoms with Crippen molar-refractivity contribution in [2.75, 3.05) is 5.73 Å². The van der Waals surface area contributed by atoms with Gasteiger partial charge in [-0.05, 0) is 48.8 Å². The van der Waals surface area contributed by atoms with Crippen molar-refractivity contribution in [3.05, 3.63) is 64.1 Å². The van der Waals surface area contributed by atoms with E-state index in [1.54, 1.807) is 0 Å². The first-order chi connectivity index (χ1) is 11.2. The highest BCUT2D eigenvalue weighted by molar-refractivity contribution is 5.40. The van der Waals surface area contributed by atoms with Crippen LogP contribution in [0.2, 0.25) is 0 Å². The lowest BCUT2D eigenvalue weighted by molar-refractivity contribution is -0.0503. The number of rotatable bonds is 5. The van der Waals surface area contributed by atoms with E-state index in [0.29, 0.717) is 18.2 Å². The molecule has 4 rings (SSSR count). The topological polar surface area (TPSA) is 57.2 Å². The number of nitrogens with zero attached hydrogens (tertiary/aromatic N) is 1. The predicted octanol–water partition coefficient (Wildman–Crippen LogP) is 3.23. The molecule has 0 spiro atoms. The Hall–Kier alpha value is -2.07. The van der Waals surface area contributed by atoms with Gasteiger partial charge in [-0.25, -0.2) is 0 Å². The molecule has 0 radical (unpaired) electrons. The van der Waals surface area contributed by atoms with E-state index in [0.717, 1.165) is 18.4 Å². The van der Waals surface area contributed by atoms with Gasteiger partial charge in [-0.1, -0.05) is 30.3 Å². The van der Waals surface area contributed by atoms with Gasteiger partial charge in [-0.15, -0.1) is 0 Å². The zero-order valence-electron chi connectivity index (χ0n) is 13.2. The smallest absolute Gasteiger partial charge is 0.274 e. The summed E-state index contributed by atoms with van der Waals surface area (Å²) in [4.78, 5) is 12.4. The van der Waals surface area contributed by atoms with Crippen LogP contribution in [-0.2, 0) is 11.3 Å². The van der Waals surface area contributed by atoms with Gasteiger partial charge >= 0.3 is 0 Å². The average molecular weight is 310 g/mol. The van der Waals surface area contributed by atoms with Crippen LogP contribution in [0.1, 0.15) is 48.8 Å². The van der Waals surface area contributed by atoms with Gasteiger partial charge in [0.1, 0.15) is 0 Å². The van der Waals surface area contributed by atoms with Crippen molar-refractivity contribution >= 4 is 5.69 Å². The number of ether oxygens (including phenoxy) is 1. The van der Waals surface area contributed by atoms with Crippen molar-refractivity contribution in [1.29, 1.82) is 0 Å². The predicted molar refractivity (Wildman–Crippen MR) is 90.4 cm³/mol. The summed E-state index contributed by atoms with van der Waals surface area (Å²) in [5.74, 6) is 0.591. The standard InChI is InChI=1S/C19H22N2O2/c20-16-10-15(14-6-7-14)11-21(19(16)22)17-8-9-18(17)23-12-13-4-2-1-3-5-13/h1-5,10-11,14,17-18H,6-9,12,20H2/t17?,18-/m0/s1. The van der Waals surface area contributed by atoms with E-state index in [2.05, 4.69) is 12.1 Å². The molecule has 2 atom stereocenters. The molecule has 2 saturated carbocycles. The maximum Gasteiger partial charge on any atom is 0.274 e. The van der Waals surface area contributed by atoms with Crippen LogP contribution in [-0.4, -0.2) is 10.7 Å². The highest BCUT2D eigenvalue weighted by Gasteiger charge is 2.35. The van der Waals surface area contributed by atoms with Crippen LogP contribution < -0.4 is 11.3 Å². The van der Waals surface area contributed by atoms with Crippen LogP contribution in [0.4, 0.5) is 5.69 Å². The molecule has 1 heterocycles. The Morgan fingerprint density at radius 3 is 2.57 bits per heavy atom. The van der Waals surface area contributed by atoms with Gasteiger partial charge in [0.05, 0.1) is 24.4 Å². The van der Waals surface area contributed by atoms with E-state index < -0.39 is 0 Å². The summed E-state index contributed by atoms with van der Waals surface area (Å²) in [5, 5.41) is 0. The van der Waals surface area contributed by atoms with Gasteiger partial charge in [0.2, 0.25) is 0 Å². The normalized spacial score (nSPS) is 23.5. The number of nitrogen functional groups attached to an aromatic ring is 1. The molecule has 1 aromatic heterocycles. The van der Waals surface area contributed by atoms with Crippen molar-refractivity contribution in [2.24, 2.45) is 0 Å². The molecule has 0 amide bonds. The molecule has 1 aromatic carbocycles. The van der Waals surface area contributed by atoms with Crippen LogP contribution in [0, 0.1) is 0 Å². The van der Waals surface area contributed by atoms with Gasteiger partial charge in [0, 0.05) is 6.20 Å². The van der Waals surface area contributed by atoms with Crippen molar-refractivity contribution < 1.29 is 4.74 Å². The number of aromatic nitrogens is 1. The molecule has 120 valence electrons. The first kappa shape index (κ1) is 14.5. The number of nitrogens with two attached hydrogens (primary N) is 1. The molecule has 4 nitrogen and oxygen atoms in total. The SMILES string of the molecule is Nc1cc(C2CC2)cn(C2CC[C@@H]2OCc2ccccc2)c1=O. The highest BCUT2D eigenvalue weighted by Crippen LogP contribution is 2.41. The summed E-state index contributed by atoms with van der Waals surface area (Å²) < 4.78 is 7.86. The van der Waals surface area contributed by atoms with E-state index in [1.165, 1.54) is 18.4 Å². The minimum atomic E-state index is -0.0765. The lowest BCUT2D eigenvalue weighted by Gasteiger charge is -2.38. The third-order valence-electron chi connectivity index (χ3n) is 4.98. The van der Waals surface area contributed by atoms with Gasteiger partial charge in [-0.3, -0.25) is 4.79 Å². The molecule has 2 fully saturated rings. The Morgan fingerprint density at radius 1 is 1.13 bits per heavy atom. The van der Waals surface area contributed by atoms with E-state index >= 15 is 0 Å². The third kappa shape index (κ3) is 2.91. The summed E-state index contributed by atoms with van der Waals surface area (Å²) in [6.07, 6.45) is 6.50. The van der Waals surface area contributed by atoms with Gasteiger partial charge in [0.15, 0.2) is 0 Å². The Balaban J connectivity index is 1.50. The summed E-state index contributed by atoms with van der Waals surface area (Å²) in [5.41, 5.74) is 8.60. The molecule has 2 N–H and O–H groups in total. The third-order valence-corrected chi connectivity index (χ3v) is 4.98. The van der Waals surface area contributed by atoms with Crippen LogP contribution in [0.5, 0.6) is 0 Å². The van der Waals surface area contributed by atoms with Gasteiger partial charge < -0.3 is 15.0 Å². The first-order valence-corrected chi connectivity index (χ1v) is 8.39. The van der Waals surface area contributed by atoms with Crippen LogP contribution in [0.25, 0.3) is 0 Å². The van der Waals surface area contributed by atoms with E-state index in [4.69, 9.17) is 10.5 Å². The van der Waals surface area contributed by atoms with E-state index in [-0.39, 0.29) is 17.7 Å². The molecule has 23 heavy (non-hydrogen) atoms. The van der Waals surface area contributed by atoms with Gasteiger partial charge in [-0.2, -0.15) is 0 Å². The zero-order valence-corrected chi connectivity index (χ0v) is 13.2. The highest BCUT2D eigenvalue weighted by atomic mass is 16.5. The van der Waals surface area contributed by atoms with Crippen molar-refractivity contribution in [3.8, 4) is 0 Å². The minimum Gasteiger partial charge on any atom is -0.394 e. The maximum atomic E-state index is 12.4. The van der Waals surface area contributed by atoms with Crippen molar-refractivity contribution in [2.45, 2.75) is 50.4 Å². The second kappa shape index (κ2) is 5.85. The molecular weight excluding hydrogens is 288 g/mol. The fraction of sp³-hybridized carbons (Fsp3) is 0.421. The van der Waals surface area contributed by atoms with Gasteiger partial charge in [0.25, 0.3) is 5.56 Å². The van der Waals surface area contributed by atoms with Crippen LogP contribution >= 0.6 is 0 Å². The molecule has 0 bridgehead atoms. The summed E-state index contributed by atoms with van der Waals surface area (Å²) in [6, 6.07) is 12.1. The quantitative estimate of drug-likeness (QED) is 0.922. The fourth-order valence-electron chi connectivity index (χ4n) is 3.28. The summed E-state index contributed by atoms with van der Waals surface area (Å²) in [6.45, 7) is 0.592. The average Bonchev–Trinajstić information content (AvgIpc) is 3.36. The number of hydrogen-bond acceptors (Lipinski definition) is 3. The second-order valence-electron chi connectivity index (χ2n) is 6.70. The molecule has 4 heteroatoms. The van der Waals surface area contributed by atoms with Crippen LogP contribution in [0.15, 0.2) is 47.4 Å². The second-order valence-corrected chi connectivity index (χ2v) is 6.70. The Labute approximate surface area is 135 Å². The molecule has 2 aliphatic rings. The Morgan fingerprint density at radius 2 is 1.91 bits per heavy atom. The van der Waals surface area contributed by atoms with Crippen molar-refractivity contribution in [3.63, 3.8) is 0 Å². The Kier molecular flexibility index (Phi) is 3.69. The largest absolute Gasteiger partial charge is 0.394 e. The maximum absolute atomic E-state index is 12.4. The number of pyridine rings is 1. The van der Waals surface area contributed by atoms with E-state index in [9.17, 15) is 4.79 Å². The monoisotopic (exact) mass is 310 g/mol. The summed E-state index contributed by atoms with van der Waals surface area (Å²) >= 11 is 0. The lowest BCUT2D eigenvalue weighted by Crippen LogP contribution is -2.41. The van der Waals surface area contributed by atoms with Crippen molar-refractivity contribution in [1.82, 2.24) is 4.57 Å². The number of hydrogen-bond donors (Lipinski definition) is 1. The van der Waals surface area contributed by atoms with E-state index in [1.807, 2.05) is 35.0 Å². The number of anilines is 1. The van der Waals surface area contributed by atoms with Crippen LogP contribution in [0.3, 0.4) is 0 Å². The molecular formula is C19H22N2O2. The fourth-order valence-corrected chi connectivity index (χ4v) is 3.28. The molecule has 2 aromatic rings. The Bertz CT molecular complexity index is 750. The first-order valence-electron chi connectivity index (χ1n) is 8.39. The molecule has 1 unspecified atom stereocenters. The molecule has 0 aliphatic heterocycles. The number of benzene rings is 1. The summed E-state index contributed by atoms with van der Waals surface area (Å²) in [7, 11) is 0. The molecule has 2 aliphatic carbocycles.